The van der Waals surface area contributed by atoms with E-state index in [4.69, 9.17) is 0 Å². The zero-order valence-corrected chi connectivity index (χ0v) is 14.4. The molecule has 1 N–H and O–H groups in total. The molecule has 0 saturated carbocycles. The van der Waals surface area contributed by atoms with E-state index < -0.39 is 6.10 Å². The second kappa shape index (κ2) is 5.63. The highest BCUT2D eigenvalue weighted by molar-refractivity contribution is 9.11. The van der Waals surface area contributed by atoms with Crippen molar-refractivity contribution in [2.45, 2.75) is 25.9 Å². The van der Waals surface area contributed by atoms with E-state index in [9.17, 15) is 5.11 Å². The van der Waals surface area contributed by atoms with Gasteiger partial charge < -0.3 is 5.11 Å². The van der Waals surface area contributed by atoms with Crippen LogP contribution in [0.25, 0.3) is 0 Å². The van der Waals surface area contributed by atoms with Crippen LogP contribution in [0.5, 0.6) is 0 Å². The van der Waals surface area contributed by atoms with Crippen LogP contribution in [-0.2, 0) is 12.8 Å². The molecule has 1 atom stereocenters. The van der Waals surface area contributed by atoms with Crippen molar-refractivity contribution in [1.82, 2.24) is 0 Å². The van der Waals surface area contributed by atoms with Gasteiger partial charge in [-0.25, -0.2) is 0 Å². The molecule has 3 heteroatoms. The zero-order valence-electron chi connectivity index (χ0n) is 11.2. The number of hydrogen-bond donors (Lipinski definition) is 1. The summed E-state index contributed by atoms with van der Waals surface area (Å²) in [6.45, 7) is 2.05. The number of halogens is 2. The number of aliphatic hydroxyl groups excluding tert-OH is 1. The Morgan fingerprint density at radius 2 is 1.65 bits per heavy atom. The lowest BCUT2D eigenvalue weighted by Crippen LogP contribution is -2.13. The first-order chi connectivity index (χ1) is 9.56. The molecule has 0 fully saturated rings. The summed E-state index contributed by atoms with van der Waals surface area (Å²) in [5, 5.41) is 10.7. The third kappa shape index (κ3) is 2.59. The van der Waals surface area contributed by atoms with Crippen LogP contribution in [-0.4, -0.2) is 5.11 Å². The molecule has 20 heavy (non-hydrogen) atoms. The minimum Gasteiger partial charge on any atom is -0.388 e. The molecule has 2 aromatic rings. The fraction of sp³-hybridized carbons (Fsp3) is 0.294. The fourth-order valence-corrected chi connectivity index (χ4v) is 4.01. The Bertz CT molecular complexity index is 626. The van der Waals surface area contributed by atoms with E-state index in [1.807, 2.05) is 6.07 Å². The van der Waals surface area contributed by atoms with Crippen molar-refractivity contribution >= 4 is 31.9 Å². The molecule has 0 spiro atoms. The minimum absolute atomic E-state index is 0.262. The van der Waals surface area contributed by atoms with E-state index >= 15 is 0 Å². The van der Waals surface area contributed by atoms with Crippen molar-refractivity contribution in [2.75, 3.05) is 0 Å². The Balaban J connectivity index is 1.88. The largest absolute Gasteiger partial charge is 0.388 e. The summed E-state index contributed by atoms with van der Waals surface area (Å²) in [6.07, 6.45) is 1.47. The summed E-state index contributed by atoms with van der Waals surface area (Å²) < 4.78 is 2.03. The van der Waals surface area contributed by atoms with Gasteiger partial charge in [-0.2, -0.15) is 0 Å². The van der Waals surface area contributed by atoms with Crippen LogP contribution in [0.3, 0.4) is 0 Å². The molecule has 1 unspecified atom stereocenters. The van der Waals surface area contributed by atoms with Crippen molar-refractivity contribution in [3.05, 3.63) is 67.6 Å². The van der Waals surface area contributed by atoms with Crippen LogP contribution in [0, 0.1) is 12.8 Å². The van der Waals surface area contributed by atoms with Gasteiger partial charge in [-0.1, -0.05) is 56.1 Å². The van der Waals surface area contributed by atoms with E-state index in [0.717, 1.165) is 27.4 Å². The number of aryl methyl sites for hydroxylation is 1. The van der Waals surface area contributed by atoms with E-state index in [-0.39, 0.29) is 5.92 Å². The first-order valence-electron chi connectivity index (χ1n) is 6.76. The van der Waals surface area contributed by atoms with Gasteiger partial charge in [-0.05, 0) is 60.1 Å². The molecule has 0 heterocycles. The van der Waals surface area contributed by atoms with E-state index in [1.54, 1.807) is 0 Å². The van der Waals surface area contributed by atoms with E-state index in [1.165, 1.54) is 16.7 Å². The maximum absolute atomic E-state index is 10.7. The van der Waals surface area contributed by atoms with Gasteiger partial charge in [0.25, 0.3) is 0 Å². The molecule has 0 aliphatic heterocycles. The minimum atomic E-state index is -0.436. The Kier molecular flexibility index (Phi) is 4.02. The standard InChI is InChI=1S/C17H16Br2O/c1-10-6-16(19)14(9-15(10)18)17(20)13-7-11-4-2-3-5-12(11)8-13/h2-6,9,13,17,20H,7-8H2,1H3. The van der Waals surface area contributed by atoms with Gasteiger partial charge in [0.2, 0.25) is 0 Å². The predicted octanol–water partition coefficient (Wildman–Crippen LogP) is 4.97. The summed E-state index contributed by atoms with van der Waals surface area (Å²) in [5.74, 6) is 0.262. The molecule has 2 aromatic carbocycles. The summed E-state index contributed by atoms with van der Waals surface area (Å²) in [7, 11) is 0. The number of fused-ring (bicyclic) bond motifs is 1. The van der Waals surface area contributed by atoms with Gasteiger partial charge in [0.05, 0.1) is 6.10 Å². The van der Waals surface area contributed by atoms with Gasteiger partial charge in [-0.15, -0.1) is 0 Å². The van der Waals surface area contributed by atoms with Crippen molar-refractivity contribution in [3.8, 4) is 0 Å². The molecule has 1 aliphatic rings. The van der Waals surface area contributed by atoms with Crippen molar-refractivity contribution < 1.29 is 5.11 Å². The molecule has 0 radical (unpaired) electrons. The van der Waals surface area contributed by atoms with Crippen molar-refractivity contribution in [1.29, 1.82) is 0 Å². The lowest BCUT2D eigenvalue weighted by atomic mass is 9.93. The van der Waals surface area contributed by atoms with Crippen molar-refractivity contribution in [2.24, 2.45) is 5.92 Å². The fourth-order valence-electron chi connectivity index (χ4n) is 2.96. The Morgan fingerprint density at radius 3 is 2.25 bits per heavy atom. The highest BCUT2D eigenvalue weighted by atomic mass is 79.9. The van der Waals surface area contributed by atoms with Crippen LogP contribution in [0.15, 0.2) is 45.3 Å². The second-order valence-electron chi connectivity index (χ2n) is 5.50. The quantitative estimate of drug-likeness (QED) is 0.761. The number of aliphatic hydroxyl groups is 1. The number of benzene rings is 2. The van der Waals surface area contributed by atoms with Crippen LogP contribution < -0.4 is 0 Å². The maximum Gasteiger partial charge on any atom is 0.0835 e. The highest BCUT2D eigenvalue weighted by Gasteiger charge is 2.29. The second-order valence-corrected chi connectivity index (χ2v) is 7.21. The molecule has 0 amide bonds. The topological polar surface area (TPSA) is 20.2 Å². The molecule has 0 bridgehead atoms. The number of rotatable bonds is 2. The van der Waals surface area contributed by atoms with E-state index in [2.05, 4.69) is 69.1 Å². The molecule has 0 saturated heterocycles. The van der Waals surface area contributed by atoms with Gasteiger partial charge in [0.15, 0.2) is 0 Å². The van der Waals surface area contributed by atoms with Gasteiger partial charge in [-0.3, -0.25) is 0 Å². The highest BCUT2D eigenvalue weighted by Crippen LogP contribution is 2.39. The average Bonchev–Trinajstić information content (AvgIpc) is 2.86. The molecule has 1 aliphatic carbocycles. The molecular formula is C17H16Br2O. The maximum atomic E-state index is 10.7. The molecular weight excluding hydrogens is 380 g/mol. The first-order valence-corrected chi connectivity index (χ1v) is 8.35. The molecule has 3 rings (SSSR count). The smallest absolute Gasteiger partial charge is 0.0835 e. The first kappa shape index (κ1) is 14.3. The summed E-state index contributed by atoms with van der Waals surface area (Å²) in [4.78, 5) is 0. The monoisotopic (exact) mass is 394 g/mol. The van der Waals surface area contributed by atoms with Crippen LogP contribution in [0.2, 0.25) is 0 Å². The summed E-state index contributed by atoms with van der Waals surface area (Å²) >= 11 is 7.14. The summed E-state index contributed by atoms with van der Waals surface area (Å²) in [6, 6.07) is 12.6. The zero-order chi connectivity index (χ0) is 14.3. The van der Waals surface area contributed by atoms with Crippen molar-refractivity contribution in [3.63, 3.8) is 0 Å². The lowest BCUT2D eigenvalue weighted by Gasteiger charge is -2.20. The van der Waals surface area contributed by atoms with Gasteiger partial charge in [0.1, 0.15) is 0 Å². The Morgan fingerprint density at radius 1 is 1.05 bits per heavy atom. The third-order valence-electron chi connectivity index (χ3n) is 4.13. The van der Waals surface area contributed by atoms with Gasteiger partial charge in [0, 0.05) is 8.95 Å². The third-order valence-corrected chi connectivity index (χ3v) is 5.67. The van der Waals surface area contributed by atoms with Crippen LogP contribution in [0.4, 0.5) is 0 Å². The average molecular weight is 396 g/mol. The molecule has 1 nitrogen and oxygen atoms in total. The molecule has 0 aromatic heterocycles. The lowest BCUT2D eigenvalue weighted by molar-refractivity contribution is 0.112. The number of hydrogen-bond acceptors (Lipinski definition) is 1. The normalized spacial score (nSPS) is 16.2. The Hall–Kier alpha value is -0.640. The van der Waals surface area contributed by atoms with Crippen LogP contribution in [0.1, 0.15) is 28.4 Å². The SMILES string of the molecule is Cc1cc(Br)c(C(O)C2Cc3ccccc3C2)cc1Br. The predicted molar refractivity (Wildman–Crippen MR) is 88.9 cm³/mol. The molecule has 104 valence electrons. The van der Waals surface area contributed by atoms with Crippen LogP contribution >= 0.6 is 31.9 Å². The Labute approximate surface area is 136 Å². The van der Waals surface area contributed by atoms with Gasteiger partial charge >= 0.3 is 0 Å². The summed E-state index contributed by atoms with van der Waals surface area (Å²) in [5.41, 5.74) is 4.89. The van der Waals surface area contributed by atoms with E-state index in [0.29, 0.717) is 0 Å².